The normalized spacial score (nSPS) is 16.4. The summed E-state index contributed by atoms with van der Waals surface area (Å²) in [7, 11) is -2.97. The number of nitrogens with one attached hydrogen (secondary N) is 1. The van der Waals surface area contributed by atoms with E-state index >= 15 is 0 Å². The van der Waals surface area contributed by atoms with Crippen molar-refractivity contribution in [1.29, 1.82) is 0 Å². The van der Waals surface area contributed by atoms with Crippen LogP contribution in [-0.4, -0.2) is 25.2 Å². The van der Waals surface area contributed by atoms with Crippen LogP contribution >= 0.6 is 11.3 Å². The van der Waals surface area contributed by atoms with Crippen LogP contribution in [0.2, 0.25) is 0 Å². The Morgan fingerprint density at radius 2 is 2.18 bits per heavy atom. The second-order valence-electron chi connectivity index (χ2n) is 4.45. The summed E-state index contributed by atoms with van der Waals surface area (Å²) in [6.07, 6.45) is 2.52. The van der Waals surface area contributed by atoms with Crippen LogP contribution in [0.4, 0.5) is 0 Å². The van der Waals surface area contributed by atoms with E-state index < -0.39 is 9.84 Å². The van der Waals surface area contributed by atoms with Crippen molar-refractivity contribution in [3.8, 4) is 0 Å². The number of hydrogen-bond donors (Lipinski definition) is 1. The van der Waals surface area contributed by atoms with Crippen molar-refractivity contribution in [1.82, 2.24) is 10.3 Å². The molecule has 0 spiro atoms. The van der Waals surface area contributed by atoms with Gasteiger partial charge in [0.05, 0.1) is 5.69 Å². The fraction of sp³-hybridized carbons (Fsp3) is 0.727. The molecule has 1 N–H and O–H groups in total. The van der Waals surface area contributed by atoms with Gasteiger partial charge in [0.1, 0.15) is 10.8 Å². The molecule has 0 bridgehead atoms. The first-order valence-corrected chi connectivity index (χ1v) is 8.53. The smallest absolute Gasteiger partial charge is 0.156 e. The standard InChI is InChI=1S/C11H18N2O2S2/c1-3-17(14,15)7-11-13-8(2)10(16-11)6-12-9-4-5-9/h9,12H,3-7H2,1-2H3. The molecule has 1 aromatic rings. The number of thiazole rings is 1. The molecule has 1 saturated carbocycles. The summed E-state index contributed by atoms with van der Waals surface area (Å²) >= 11 is 1.52. The van der Waals surface area contributed by atoms with E-state index in [0.29, 0.717) is 6.04 Å². The summed E-state index contributed by atoms with van der Waals surface area (Å²) in [6.45, 7) is 4.44. The Kier molecular flexibility index (Phi) is 3.85. The minimum absolute atomic E-state index is 0.0818. The minimum Gasteiger partial charge on any atom is -0.309 e. The van der Waals surface area contributed by atoms with Gasteiger partial charge in [-0.3, -0.25) is 0 Å². The predicted molar refractivity (Wildman–Crippen MR) is 69.9 cm³/mol. The number of rotatable bonds is 6. The fourth-order valence-corrected chi connectivity index (χ4v) is 3.76. The predicted octanol–water partition coefficient (Wildman–Crippen LogP) is 1.64. The lowest BCUT2D eigenvalue weighted by molar-refractivity contribution is 0.596. The number of sulfone groups is 1. The highest BCUT2D eigenvalue weighted by Crippen LogP contribution is 2.23. The molecular formula is C11H18N2O2S2. The van der Waals surface area contributed by atoms with Crippen molar-refractivity contribution >= 4 is 21.2 Å². The first kappa shape index (κ1) is 13.0. The zero-order chi connectivity index (χ0) is 12.5. The van der Waals surface area contributed by atoms with Gasteiger partial charge in [-0.25, -0.2) is 13.4 Å². The van der Waals surface area contributed by atoms with E-state index in [0.717, 1.165) is 17.2 Å². The van der Waals surface area contributed by atoms with E-state index in [1.165, 1.54) is 29.1 Å². The molecular weight excluding hydrogens is 256 g/mol. The van der Waals surface area contributed by atoms with Gasteiger partial charge in [0.2, 0.25) is 0 Å². The van der Waals surface area contributed by atoms with Gasteiger partial charge in [0.15, 0.2) is 9.84 Å². The van der Waals surface area contributed by atoms with Crippen LogP contribution in [0.1, 0.15) is 35.3 Å². The molecule has 0 radical (unpaired) electrons. The van der Waals surface area contributed by atoms with Crippen LogP contribution in [0.15, 0.2) is 0 Å². The van der Waals surface area contributed by atoms with Crippen molar-refractivity contribution < 1.29 is 8.42 Å². The van der Waals surface area contributed by atoms with E-state index in [9.17, 15) is 8.42 Å². The molecule has 4 nitrogen and oxygen atoms in total. The molecule has 6 heteroatoms. The van der Waals surface area contributed by atoms with Gasteiger partial charge >= 0.3 is 0 Å². The van der Waals surface area contributed by atoms with Crippen LogP contribution in [-0.2, 0) is 22.1 Å². The molecule has 96 valence electrons. The topological polar surface area (TPSA) is 59.1 Å². The quantitative estimate of drug-likeness (QED) is 0.856. The largest absolute Gasteiger partial charge is 0.309 e. The van der Waals surface area contributed by atoms with Crippen LogP contribution in [0.3, 0.4) is 0 Å². The maximum atomic E-state index is 11.5. The Labute approximate surface area is 106 Å². The molecule has 2 rings (SSSR count). The van der Waals surface area contributed by atoms with E-state index in [1.807, 2.05) is 6.92 Å². The second-order valence-corrected chi connectivity index (χ2v) is 7.97. The summed E-state index contributed by atoms with van der Waals surface area (Å²) in [4.78, 5) is 5.51. The van der Waals surface area contributed by atoms with Gasteiger partial charge in [0, 0.05) is 23.2 Å². The van der Waals surface area contributed by atoms with Crippen LogP contribution in [0.5, 0.6) is 0 Å². The van der Waals surface area contributed by atoms with Crippen LogP contribution in [0.25, 0.3) is 0 Å². The third-order valence-corrected chi connectivity index (χ3v) is 5.78. The van der Waals surface area contributed by atoms with Crippen LogP contribution < -0.4 is 5.32 Å². The Bertz CT molecular complexity index is 490. The first-order valence-electron chi connectivity index (χ1n) is 5.89. The van der Waals surface area contributed by atoms with Crippen molar-refractivity contribution in [3.05, 3.63) is 15.6 Å². The number of aromatic nitrogens is 1. The van der Waals surface area contributed by atoms with Gasteiger partial charge in [-0.1, -0.05) is 6.92 Å². The molecule has 0 aromatic carbocycles. The molecule has 1 aliphatic carbocycles. The molecule has 1 heterocycles. The highest BCUT2D eigenvalue weighted by molar-refractivity contribution is 7.90. The third kappa shape index (κ3) is 3.76. The van der Waals surface area contributed by atoms with Crippen molar-refractivity contribution in [2.75, 3.05) is 5.75 Å². The molecule has 0 aliphatic heterocycles. The SMILES string of the molecule is CCS(=O)(=O)Cc1nc(C)c(CNC2CC2)s1. The second kappa shape index (κ2) is 5.04. The summed E-state index contributed by atoms with van der Waals surface area (Å²) < 4.78 is 23.0. The number of hydrogen-bond acceptors (Lipinski definition) is 5. The summed E-state index contributed by atoms with van der Waals surface area (Å²) in [5, 5.41) is 4.14. The molecule has 0 saturated heterocycles. The lowest BCUT2D eigenvalue weighted by Gasteiger charge is -1.99. The van der Waals surface area contributed by atoms with Gasteiger partial charge in [-0.15, -0.1) is 11.3 Å². The highest BCUT2D eigenvalue weighted by Gasteiger charge is 2.21. The van der Waals surface area contributed by atoms with E-state index in [-0.39, 0.29) is 11.5 Å². The van der Waals surface area contributed by atoms with Gasteiger partial charge in [-0.2, -0.15) is 0 Å². The average molecular weight is 274 g/mol. The van der Waals surface area contributed by atoms with E-state index in [2.05, 4.69) is 10.3 Å². The maximum absolute atomic E-state index is 11.5. The van der Waals surface area contributed by atoms with Crippen LogP contribution in [0, 0.1) is 6.92 Å². The minimum atomic E-state index is -2.97. The molecule has 1 aliphatic rings. The van der Waals surface area contributed by atoms with Crippen molar-refractivity contribution in [2.45, 2.75) is 45.0 Å². The molecule has 1 aromatic heterocycles. The summed E-state index contributed by atoms with van der Waals surface area (Å²) in [5.41, 5.74) is 0.962. The summed E-state index contributed by atoms with van der Waals surface area (Å²) in [5.74, 6) is 0.264. The Morgan fingerprint density at radius 1 is 1.47 bits per heavy atom. The molecule has 0 atom stereocenters. The summed E-state index contributed by atoms with van der Waals surface area (Å²) in [6, 6.07) is 0.666. The lowest BCUT2D eigenvalue weighted by atomic mass is 10.4. The monoisotopic (exact) mass is 274 g/mol. The van der Waals surface area contributed by atoms with Crippen molar-refractivity contribution in [3.63, 3.8) is 0 Å². The lowest BCUT2D eigenvalue weighted by Crippen LogP contribution is -2.14. The molecule has 0 amide bonds. The van der Waals surface area contributed by atoms with E-state index in [4.69, 9.17) is 0 Å². The molecule has 0 unspecified atom stereocenters. The highest BCUT2D eigenvalue weighted by atomic mass is 32.2. The van der Waals surface area contributed by atoms with Gasteiger partial charge < -0.3 is 5.32 Å². The van der Waals surface area contributed by atoms with Crippen molar-refractivity contribution in [2.24, 2.45) is 0 Å². The van der Waals surface area contributed by atoms with Gasteiger partial charge in [0.25, 0.3) is 0 Å². The Hall–Kier alpha value is -0.460. The fourth-order valence-electron chi connectivity index (χ4n) is 1.53. The van der Waals surface area contributed by atoms with Gasteiger partial charge in [-0.05, 0) is 19.8 Å². The average Bonchev–Trinajstić information content (AvgIpc) is 3.02. The number of aryl methyl sites for hydroxylation is 1. The third-order valence-electron chi connectivity index (χ3n) is 2.85. The van der Waals surface area contributed by atoms with E-state index in [1.54, 1.807) is 6.92 Å². The molecule has 1 fully saturated rings. The maximum Gasteiger partial charge on any atom is 0.156 e. The zero-order valence-electron chi connectivity index (χ0n) is 10.2. The first-order chi connectivity index (χ1) is 8.00. The Balaban J connectivity index is 2.01. The number of nitrogens with zero attached hydrogens (tertiary/aromatic N) is 1. The Morgan fingerprint density at radius 3 is 2.76 bits per heavy atom. The molecule has 17 heavy (non-hydrogen) atoms. The zero-order valence-corrected chi connectivity index (χ0v) is 11.8.